The number of hydrogen-bond donors (Lipinski definition) is 3. The van der Waals surface area contributed by atoms with E-state index < -0.39 is 5.60 Å². The molecule has 2 rings (SSSR count). The van der Waals surface area contributed by atoms with Gasteiger partial charge in [-0.05, 0) is 43.0 Å². The Morgan fingerprint density at radius 1 is 1.32 bits per heavy atom. The number of methoxy groups -OCH3 is 1. The molecule has 0 aliphatic rings. The Morgan fingerprint density at radius 2 is 2.14 bits per heavy atom. The lowest BCUT2D eigenvalue weighted by molar-refractivity contribution is 0.0655. The van der Waals surface area contributed by atoms with E-state index in [1.807, 2.05) is 42.6 Å². The Labute approximate surface area is 170 Å². The third-order valence-electron chi connectivity index (χ3n) is 3.96. The molecule has 1 atom stereocenters. The monoisotopic (exact) mass is 401 g/mol. The van der Waals surface area contributed by atoms with Crippen molar-refractivity contribution in [3.05, 3.63) is 46.2 Å². The SMILES string of the molecule is C#CCOc1cc(CN=C(NCC)NCC(C)(O)c2cccs2)ccc1OC. The van der Waals surface area contributed by atoms with Crippen LogP contribution in [0.4, 0.5) is 0 Å². The lowest BCUT2D eigenvalue weighted by atomic mass is 10.1. The minimum atomic E-state index is -0.972. The molecule has 1 aromatic carbocycles. The van der Waals surface area contributed by atoms with Crippen molar-refractivity contribution in [2.75, 3.05) is 26.8 Å². The van der Waals surface area contributed by atoms with E-state index in [0.29, 0.717) is 37.1 Å². The van der Waals surface area contributed by atoms with E-state index in [1.165, 1.54) is 11.3 Å². The van der Waals surface area contributed by atoms with Crippen molar-refractivity contribution in [1.29, 1.82) is 0 Å². The van der Waals surface area contributed by atoms with Crippen LogP contribution in [0.15, 0.2) is 40.7 Å². The maximum Gasteiger partial charge on any atom is 0.191 e. The van der Waals surface area contributed by atoms with Gasteiger partial charge in [-0.1, -0.05) is 18.1 Å². The van der Waals surface area contributed by atoms with Gasteiger partial charge in [0.1, 0.15) is 12.2 Å². The topological polar surface area (TPSA) is 75.1 Å². The van der Waals surface area contributed by atoms with Crippen molar-refractivity contribution >= 4 is 17.3 Å². The molecule has 1 aromatic heterocycles. The molecule has 0 bridgehead atoms. The zero-order chi connectivity index (χ0) is 20.4. The van der Waals surface area contributed by atoms with Gasteiger partial charge in [-0.25, -0.2) is 4.99 Å². The Hall–Kier alpha value is -2.69. The zero-order valence-electron chi connectivity index (χ0n) is 16.5. The summed E-state index contributed by atoms with van der Waals surface area (Å²) in [5, 5.41) is 19.0. The number of aliphatic imine (C=N–C) groups is 1. The summed E-state index contributed by atoms with van der Waals surface area (Å²) in [5.41, 5.74) is -0.0178. The summed E-state index contributed by atoms with van der Waals surface area (Å²) in [6.07, 6.45) is 5.27. The molecule has 0 saturated heterocycles. The van der Waals surface area contributed by atoms with E-state index in [9.17, 15) is 5.11 Å². The Balaban J connectivity index is 2.06. The first kappa shape index (κ1) is 21.6. The molecule has 0 aliphatic carbocycles. The van der Waals surface area contributed by atoms with E-state index in [2.05, 4.69) is 21.5 Å². The van der Waals surface area contributed by atoms with Gasteiger partial charge >= 0.3 is 0 Å². The van der Waals surface area contributed by atoms with Gasteiger partial charge in [0.25, 0.3) is 0 Å². The minimum Gasteiger partial charge on any atom is -0.493 e. The maximum absolute atomic E-state index is 10.7. The van der Waals surface area contributed by atoms with Crippen LogP contribution < -0.4 is 20.1 Å². The molecule has 0 radical (unpaired) electrons. The first-order chi connectivity index (χ1) is 13.5. The molecular weight excluding hydrogens is 374 g/mol. The van der Waals surface area contributed by atoms with Gasteiger partial charge in [0.2, 0.25) is 0 Å². The van der Waals surface area contributed by atoms with Crippen molar-refractivity contribution in [1.82, 2.24) is 10.6 Å². The maximum atomic E-state index is 10.7. The van der Waals surface area contributed by atoms with E-state index in [0.717, 1.165) is 10.4 Å². The van der Waals surface area contributed by atoms with Crippen LogP contribution in [-0.2, 0) is 12.1 Å². The summed E-state index contributed by atoms with van der Waals surface area (Å²) in [6.45, 7) is 5.45. The van der Waals surface area contributed by atoms with Gasteiger partial charge < -0.3 is 25.2 Å². The number of terminal acetylenes is 1. The van der Waals surface area contributed by atoms with Crippen LogP contribution in [0.3, 0.4) is 0 Å². The number of hydrogen-bond acceptors (Lipinski definition) is 5. The number of guanidine groups is 1. The second kappa shape index (κ2) is 10.6. The van der Waals surface area contributed by atoms with Crippen LogP contribution in [0.2, 0.25) is 0 Å². The van der Waals surface area contributed by atoms with Gasteiger partial charge in [-0.3, -0.25) is 0 Å². The summed E-state index contributed by atoms with van der Waals surface area (Å²) in [5.74, 6) is 4.29. The predicted octanol–water partition coefficient (Wildman–Crippen LogP) is 2.73. The molecule has 150 valence electrons. The third-order valence-corrected chi connectivity index (χ3v) is 5.08. The average molecular weight is 402 g/mol. The van der Waals surface area contributed by atoms with E-state index in [-0.39, 0.29) is 6.61 Å². The number of thiophene rings is 1. The van der Waals surface area contributed by atoms with Crippen molar-refractivity contribution in [2.45, 2.75) is 26.0 Å². The van der Waals surface area contributed by atoms with Gasteiger partial charge in [0, 0.05) is 11.4 Å². The number of benzene rings is 1. The van der Waals surface area contributed by atoms with Gasteiger partial charge in [-0.15, -0.1) is 17.8 Å². The molecule has 1 unspecified atom stereocenters. The number of ether oxygens (including phenoxy) is 2. The standard InChI is InChI=1S/C21H27N3O3S/c1-5-11-27-18-13-16(9-10-17(18)26-4)14-23-20(22-6-2)24-15-21(3,25)19-8-7-12-28-19/h1,7-10,12-13,25H,6,11,14-15H2,2-4H3,(H2,22,23,24). The highest BCUT2D eigenvalue weighted by Gasteiger charge is 2.24. The van der Waals surface area contributed by atoms with Gasteiger partial charge in [0.05, 0.1) is 20.2 Å². The summed E-state index contributed by atoms with van der Waals surface area (Å²) in [4.78, 5) is 5.50. The van der Waals surface area contributed by atoms with Gasteiger partial charge in [0.15, 0.2) is 17.5 Å². The van der Waals surface area contributed by atoms with Crippen LogP contribution in [0.5, 0.6) is 11.5 Å². The fourth-order valence-electron chi connectivity index (χ4n) is 2.49. The summed E-state index contributed by atoms with van der Waals surface area (Å²) >= 11 is 1.53. The van der Waals surface area contributed by atoms with E-state index >= 15 is 0 Å². The highest BCUT2D eigenvalue weighted by molar-refractivity contribution is 7.10. The zero-order valence-corrected chi connectivity index (χ0v) is 17.3. The Bertz CT molecular complexity index is 811. The molecule has 0 saturated carbocycles. The van der Waals surface area contributed by atoms with Crippen LogP contribution in [0.25, 0.3) is 0 Å². The number of nitrogens with zero attached hydrogens (tertiary/aromatic N) is 1. The second-order valence-corrected chi connectivity index (χ2v) is 7.23. The normalized spacial score (nSPS) is 13.3. The molecule has 2 aromatic rings. The van der Waals surface area contributed by atoms with Crippen molar-refractivity contribution in [3.8, 4) is 23.8 Å². The van der Waals surface area contributed by atoms with Crippen molar-refractivity contribution in [3.63, 3.8) is 0 Å². The molecule has 7 heteroatoms. The minimum absolute atomic E-state index is 0.172. The summed E-state index contributed by atoms with van der Waals surface area (Å²) in [7, 11) is 1.59. The van der Waals surface area contributed by atoms with Crippen LogP contribution in [-0.4, -0.2) is 37.9 Å². The molecule has 6 nitrogen and oxygen atoms in total. The number of nitrogens with one attached hydrogen (secondary N) is 2. The first-order valence-electron chi connectivity index (χ1n) is 9.02. The fourth-order valence-corrected chi connectivity index (χ4v) is 3.28. The van der Waals surface area contributed by atoms with Crippen molar-refractivity contribution < 1.29 is 14.6 Å². The molecule has 1 heterocycles. The lowest BCUT2D eigenvalue weighted by Crippen LogP contribution is -2.44. The highest BCUT2D eigenvalue weighted by atomic mass is 32.1. The molecule has 0 spiro atoms. The van der Waals surface area contributed by atoms with Crippen LogP contribution in [0, 0.1) is 12.3 Å². The second-order valence-electron chi connectivity index (χ2n) is 6.28. The van der Waals surface area contributed by atoms with E-state index in [4.69, 9.17) is 15.9 Å². The molecule has 0 fully saturated rings. The molecule has 0 amide bonds. The molecule has 0 aliphatic heterocycles. The van der Waals surface area contributed by atoms with Crippen LogP contribution in [0.1, 0.15) is 24.3 Å². The summed E-state index contributed by atoms with van der Waals surface area (Å²) < 4.78 is 10.8. The van der Waals surface area contributed by atoms with Crippen molar-refractivity contribution in [2.24, 2.45) is 4.99 Å². The largest absolute Gasteiger partial charge is 0.493 e. The van der Waals surface area contributed by atoms with Gasteiger partial charge in [-0.2, -0.15) is 0 Å². The fraction of sp³-hybridized carbons (Fsp3) is 0.381. The quantitative estimate of drug-likeness (QED) is 0.342. The smallest absolute Gasteiger partial charge is 0.191 e. The molecular formula is C21H27N3O3S. The molecule has 3 N–H and O–H groups in total. The van der Waals surface area contributed by atoms with E-state index in [1.54, 1.807) is 14.0 Å². The third kappa shape index (κ3) is 6.19. The molecule has 28 heavy (non-hydrogen) atoms. The average Bonchev–Trinajstić information content (AvgIpc) is 3.24. The highest BCUT2D eigenvalue weighted by Crippen LogP contribution is 2.28. The first-order valence-corrected chi connectivity index (χ1v) is 9.90. The number of rotatable bonds is 9. The number of aliphatic hydroxyl groups is 1. The van der Waals surface area contributed by atoms with Crippen LogP contribution >= 0.6 is 11.3 Å². The Kier molecular flexibility index (Phi) is 8.18. The Morgan fingerprint density at radius 3 is 2.79 bits per heavy atom. The summed E-state index contributed by atoms with van der Waals surface area (Å²) in [6, 6.07) is 9.48. The lowest BCUT2D eigenvalue weighted by Gasteiger charge is -2.23. The predicted molar refractivity (Wildman–Crippen MR) is 114 cm³/mol.